The third kappa shape index (κ3) is 7.13. The minimum Gasteiger partial charge on any atom is -0.0683 e. The lowest BCUT2D eigenvalue weighted by atomic mass is 9.94. The molecular weight excluding hydrogens is 252 g/mol. The van der Waals surface area contributed by atoms with E-state index in [1.807, 2.05) is 27.7 Å². The third-order valence-electron chi connectivity index (χ3n) is 3.09. The van der Waals surface area contributed by atoms with Crippen molar-refractivity contribution >= 4 is 0 Å². The topological polar surface area (TPSA) is 0 Å². The van der Waals surface area contributed by atoms with Gasteiger partial charge in [0.2, 0.25) is 0 Å². The summed E-state index contributed by atoms with van der Waals surface area (Å²) in [6, 6.07) is 19.4. The molecule has 21 heavy (non-hydrogen) atoms. The van der Waals surface area contributed by atoms with Crippen LogP contribution in [0.5, 0.6) is 0 Å². The summed E-state index contributed by atoms with van der Waals surface area (Å²) in [6.07, 6.45) is 2.42. The molecule has 0 saturated heterocycles. The number of benzene rings is 2. The van der Waals surface area contributed by atoms with Gasteiger partial charge in [0.15, 0.2) is 0 Å². The molecule has 0 bridgehead atoms. The zero-order valence-electron chi connectivity index (χ0n) is 14.7. The van der Waals surface area contributed by atoms with Crippen molar-refractivity contribution in [2.24, 2.45) is 5.92 Å². The highest BCUT2D eigenvalue weighted by Gasteiger charge is 2.04. The van der Waals surface area contributed by atoms with E-state index in [9.17, 15) is 0 Å². The van der Waals surface area contributed by atoms with Crippen molar-refractivity contribution in [3.8, 4) is 11.1 Å². The summed E-state index contributed by atoms with van der Waals surface area (Å²) in [5.41, 5.74) is 4.17. The molecule has 2 aromatic carbocycles. The van der Waals surface area contributed by atoms with E-state index in [1.54, 1.807) is 0 Å². The molecule has 0 unspecified atom stereocenters. The molecule has 0 aliphatic rings. The summed E-state index contributed by atoms with van der Waals surface area (Å²) in [5, 5.41) is 0. The average molecular weight is 284 g/mol. The molecular formula is C21H32. The van der Waals surface area contributed by atoms with E-state index in [2.05, 4.69) is 68.4 Å². The first-order valence-electron chi connectivity index (χ1n) is 8.40. The Morgan fingerprint density at radius 2 is 1.24 bits per heavy atom. The van der Waals surface area contributed by atoms with Gasteiger partial charge in [-0.05, 0) is 35.4 Å². The summed E-state index contributed by atoms with van der Waals surface area (Å²) in [5.74, 6) is 0.763. The van der Waals surface area contributed by atoms with Crippen molar-refractivity contribution in [2.75, 3.05) is 0 Å². The van der Waals surface area contributed by atoms with E-state index in [-0.39, 0.29) is 0 Å². The Hall–Kier alpha value is -1.56. The van der Waals surface area contributed by atoms with Gasteiger partial charge in [0.1, 0.15) is 0 Å². The van der Waals surface area contributed by atoms with Crippen molar-refractivity contribution < 1.29 is 0 Å². The predicted octanol–water partition coefficient (Wildman–Crippen LogP) is 6.99. The minimum atomic E-state index is 0.763. The second kappa shape index (κ2) is 12.2. The van der Waals surface area contributed by atoms with E-state index in [0.717, 1.165) is 5.92 Å². The molecule has 0 N–H and O–H groups in total. The van der Waals surface area contributed by atoms with Crippen molar-refractivity contribution in [2.45, 2.75) is 54.4 Å². The first-order valence-corrected chi connectivity index (χ1v) is 8.40. The number of rotatable bonds is 4. The molecule has 0 aliphatic heterocycles. The van der Waals surface area contributed by atoms with Crippen LogP contribution < -0.4 is 0 Å². The van der Waals surface area contributed by atoms with Gasteiger partial charge in [-0.2, -0.15) is 0 Å². The molecule has 0 saturated carbocycles. The number of hydrogen-bond acceptors (Lipinski definition) is 0. The van der Waals surface area contributed by atoms with Crippen LogP contribution in [0.2, 0.25) is 0 Å². The van der Waals surface area contributed by atoms with Crippen LogP contribution in [-0.4, -0.2) is 0 Å². The smallest absolute Gasteiger partial charge is 0.0152 e. The van der Waals surface area contributed by atoms with Gasteiger partial charge in [0.05, 0.1) is 0 Å². The Morgan fingerprint density at radius 1 is 0.714 bits per heavy atom. The fourth-order valence-electron chi connectivity index (χ4n) is 2.08. The Labute approximate surface area is 132 Å². The van der Waals surface area contributed by atoms with E-state index >= 15 is 0 Å². The quantitative estimate of drug-likeness (QED) is 0.567. The van der Waals surface area contributed by atoms with Crippen LogP contribution in [0.15, 0.2) is 54.6 Å². The van der Waals surface area contributed by atoms with Gasteiger partial charge in [0.25, 0.3) is 0 Å². The van der Waals surface area contributed by atoms with Gasteiger partial charge >= 0.3 is 0 Å². The summed E-state index contributed by atoms with van der Waals surface area (Å²) in [7, 11) is 0. The van der Waals surface area contributed by atoms with Crippen molar-refractivity contribution in [3.05, 3.63) is 60.2 Å². The van der Waals surface area contributed by atoms with Gasteiger partial charge in [0, 0.05) is 0 Å². The molecule has 0 fully saturated rings. The highest BCUT2D eigenvalue weighted by molar-refractivity contribution is 5.67. The van der Waals surface area contributed by atoms with Crippen molar-refractivity contribution in [1.29, 1.82) is 0 Å². The Kier molecular flexibility index (Phi) is 11.3. The molecule has 0 aliphatic carbocycles. The summed E-state index contributed by atoms with van der Waals surface area (Å²) in [4.78, 5) is 0. The lowest BCUT2D eigenvalue weighted by molar-refractivity contribution is 0.587. The molecule has 0 heterocycles. The van der Waals surface area contributed by atoms with Gasteiger partial charge in [-0.3, -0.25) is 0 Å². The molecule has 0 aromatic heterocycles. The Bertz CT molecular complexity index is 454. The zero-order chi connectivity index (χ0) is 16.1. The van der Waals surface area contributed by atoms with Gasteiger partial charge < -0.3 is 0 Å². The van der Waals surface area contributed by atoms with Crippen LogP contribution in [0.25, 0.3) is 11.1 Å². The summed E-state index contributed by atoms with van der Waals surface area (Å²) >= 11 is 0. The molecule has 0 spiro atoms. The second-order valence-corrected chi connectivity index (χ2v) is 4.96. The first-order chi connectivity index (χ1) is 10.3. The highest BCUT2D eigenvalue weighted by atomic mass is 14.1. The molecule has 2 aromatic rings. The van der Waals surface area contributed by atoms with Crippen LogP contribution >= 0.6 is 0 Å². The monoisotopic (exact) mass is 284 g/mol. The van der Waals surface area contributed by atoms with Gasteiger partial charge in [-0.25, -0.2) is 0 Å². The molecule has 0 amide bonds. The summed E-state index contributed by atoms with van der Waals surface area (Å²) < 4.78 is 0. The number of aryl methyl sites for hydroxylation is 1. The lowest BCUT2D eigenvalue weighted by Crippen LogP contribution is -1.94. The Balaban J connectivity index is 0.000000921. The molecule has 2 rings (SSSR count). The molecule has 0 nitrogen and oxygen atoms in total. The van der Waals surface area contributed by atoms with E-state index in [4.69, 9.17) is 0 Å². The predicted molar refractivity (Wildman–Crippen MR) is 97.7 cm³/mol. The molecule has 116 valence electrons. The SMILES string of the molecule is CC.CC.CC(C)CCc1ccccc1-c1ccccc1. The van der Waals surface area contributed by atoms with Crippen LogP contribution in [0.1, 0.15) is 53.5 Å². The summed E-state index contributed by atoms with van der Waals surface area (Å²) in [6.45, 7) is 12.6. The van der Waals surface area contributed by atoms with Crippen molar-refractivity contribution in [3.63, 3.8) is 0 Å². The third-order valence-corrected chi connectivity index (χ3v) is 3.09. The standard InChI is InChI=1S/C17H20.2C2H6/c1-14(2)12-13-16-10-6-7-11-17(16)15-8-4-3-5-9-15;2*1-2/h3-11,14H,12-13H2,1-2H3;2*1-2H3. The zero-order valence-corrected chi connectivity index (χ0v) is 14.7. The maximum absolute atomic E-state index is 2.28. The normalized spacial score (nSPS) is 9.29. The average Bonchev–Trinajstić information content (AvgIpc) is 2.58. The lowest BCUT2D eigenvalue weighted by Gasteiger charge is -2.11. The second-order valence-electron chi connectivity index (χ2n) is 4.96. The van der Waals surface area contributed by atoms with Gasteiger partial charge in [-0.15, -0.1) is 0 Å². The molecule has 0 atom stereocenters. The highest BCUT2D eigenvalue weighted by Crippen LogP contribution is 2.25. The van der Waals surface area contributed by atoms with E-state index in [0.29, 0.717) is 0 Å². The maximum atomic E-state index is 2.28. The molecule has 0 radical (unpaired) electrons. The largest absolute Gasteiger partial charge is 0.0683 e. The van der Waals surface area contributed by atoms with Gasteiger partial charge in [-0.1, -0.05) is 96.1 Å². The van der Waals surface area contributed by atoms with E-state index < -0.39 is 0 Å². The van der Waals surface area contributed by atoms with Crippen LogP contribution in [0, 0.1) is 5.92 Å². The van der Waals surface area contributed by atoms with Crippen LogP contribution in [0.3, 0.4) is 0 Å². The van der Waals surface area contributed by atoms with E-state index in [1.165, 1.54) is 29.5 Å². The van der Waals surface area contributed by atoms with Crippen LogP contribution in [-0.2, 0) is 6.42 Å². The Morgan fingerprint density at radius 3 is 1.81 bits per heavy atom. The molecule has 0 heteroatoms. The minimum absolute atomic E-state index is 0.763. The maximum Gasteiger partial charge on any atom is -0.0152 e. The first kappa shape index (κ1) is 19.4. The van der Waals surface area contributed by atoms with Crippen molar-refractivity contribution in [1.82, 2.24) is 0 Å². The fourth-order valence-corrected chi connectivity index (χ4v) is 2.08. The fraction of sp³-hybridized carbons (Fsp3) is 0.429. The van der Waals surface area contributed by atoms with Crippen LogP contribution in [0.4, 0.5) is 0 Å². The number of hydrogen-bond donors (Lipinski definition) is 0.